The summed E-state index contributed by atoms with van der Waals surface area (Å²) in [7, 11) is 0. The number of rotatable bonds is 9. The molecule has 0 aromatic carbocycles. The van der Waals surface area contributed by atoms with E-state index >= 15 is 0 Å². The smallest absolute Gasteiger partial charge is 0.220 e. The van der Waals surface area contributed by atoms with Gasteiger partial charge in [0.25, 0.3) is 0 Å². The molecule has 1 saturated heterocycles. The average Bonchev–Trinajstić information content (AvgIpc) is 2.62. The normalized spacial score (nSPS) is 33.5. The first kappa shape index (κ1) is 22.2. The number of nitrogens with one attached hydrogen (secondary N) is 1. The van der Waals surface area contributed by atoms with E-state index < -0.39 is 61.5 Å². The number of ether oxygens (including phenoxy) is 2. The van der Waals surface area contributed by atoms with E-state index in [1.54, 1.807) is 6.92 Å². The van der Waals surface area contributed by atoms with Crippen LogP contribution in [0, 0.1) is 6.92 Å². The van der Waals surface area contributed by atoms with Crippen LogP contribution in [0.4, 0.5) is 0 Å². The Morgan fingerprint density at radius 1 is 1.24 bits per heavy atom. The van der Waals surface area contributed by atoms with Crippen LogP contribution in [-0.2, 0) is 14.3 Å². The molecule has 10 nitrogen and oxygen atoms in total. The minimum atomic E-state index is -1.61. The zero-order chi connectivity index (χ0) is 19.1. The van der Waals surface area contributed by atoms with Gasteiger partial charge in [0.15, 0.2) is 6.29 Å². The fourth-order valence-electron chi connectivity index (χ4n) is 2.40. The van der Waals surface area contributed by atoms with Gasteiger partial charge in [0.2, 0.25) is 5.91 Å². The number of carbonyl (C=O) groups excluding carboxylic acids is 1. The lowest BCUT2D eigenvalue weighted by Crippen LogP contribution is -2.60. The van der Waals surface area contributed by atoms with Crippen LogP contribution < -0.4 is 5.32 Å². The van der Waals surface area contributed by atoms with Gasteiger partial charge >= 0.3 is 0 Å². The zero-order valence-electron chi connectivity index (χ0n) is 13.9. The van der Waals surface area contributed by atoms with E-state index in [0.717, 1.165) is 0 Å². The van der Waals surface area contributed by atoms with Gasteiger partial charge < -0.3 is 45.4 Å². The van der Waals surface area contributed by atoms with Crippen LogP contribution in [0.1, 0.15) is 19.8 Å². The van der Waals surface area contributed by atoms with Crippen LogP contribution >= 0.6 is 0 Å². The number of hydrogen-bond acceptors (Lipinski definition) is 9. The molecule has 1 fully saturated rings. The highest BCUT2D eigenvalue weighted by Gasteiger charge is 2.44. The van der Waals surface area contributed by atoms with Crippen LogP contribution in [0.5, 0.6) is 0 Å². The van der Waals surface area contributed by atoms with Crippen molar-refractivity contribution < 1.29 is 44.9 Å². The van der Waals surface area contributed by atoms with Crippen molar-refractivity contribution in [2.75, 3.05) is 13.2 Å². The highest BCUT2D eigenvalue weighted by Crippen LogP contribution is 2.22. The number of carbonyl (C=O) groups is 1. The van der Waals surface area contributed by atoms with Crippen molar-refractivity contribution in [3.63, 3.8) is 0 Å². The summed E-state index contributed by atoms with van der Waals surface area (Å²) >= 11 is 0. The lowest BCUT2D eigenvalue weighted by Gasteiger charge is -2.40. The van der Waals surface area contributed by atoms with E-state index in [-0.39, 0.29) is 19.4 Å². The van der Waals surface area contributed by atoms with E-state index in [9.17, 15) is 30.3 Å². The molecular weight excluding hydrogens is 338 g/mol. The van der Waals surface area contributed by atoms with Gasteiger partial charge in [-0.15, -0.1) is 0 Å². The first-order valence-corrected chi connectivity index (χ1v) is 8.04. The second-order valence-corrected chi connectivity index (χ2v) is 5.87. The third-order valence-electron chi connectivity index (χ3n) is 4.05. The van der Waals surface area contributed by atoms with Crippen molar-refractivity contribution in [3.05, 3.63) is 6.92 Å². The molecule has 0 bridgehead atoms. The Labute approximate surface area is 146 Å². The average molecular weight is 365 g/mol. The summed E-state index contributed by atoms with van der Waals surface area (Å²) in [6.45, 7) is 5.84. The second-order valence-electron chi connectivity index (χ2n) is 5.87. The number of amides is 1. The molecule has 1 aliphatic rings. The van der Waals surface area contributed by atoms with Gasteiger partial charge in [-0.3, -0.25) is 4.79 Å². The minimum Gasteiger partial charge on any atom is -0.394 e. The molecule has 1 amide bonds. The molecule has 0 aliphatic carbocycles. The van der Waals surface area contributed by atoms with E-state index in [0.29, 0.717) is 0 Å². The zero-order valence-corrected chi connectivity index (χ0v) is 13.9. The molecule has 0 aromatic heterocycles. The van der Waals surface area contributed by atoms with Gasteiger partial charge in [-0.25, -0.2) is 0 Å². The fraction of sp³-hybridized carbons (Fsp3) is 0.867. The van der Waals surface area contributed by atoms with Gasteiger partial charge in [0.1, 0.15) is 30.5 Å². The van der Waals surface area contributed by atoms with Crippen LogP contribution in [0.3, 0.4) is 0 Å². The summed E-state index contributed by atoms with van der Waals surface area (Å²) in [6.07, 6.45) is -9.95. The van der Waals surface area contributed by atoms with Gasteiger partial charge in [-0.05, 0) is 13.3 Å². The lowest BCUT2D eigenvalue weighted by atomic mass is 9.99. The highest BCUT2D eigenvalue weighted by atomic mass is 16.7. The predicted octanol–water partition coefficient (Wildman–Crippen LogP) is -3.48. The molecule has 2 unspecified atom stereocenters. The number of aliphatic hydroxyl groups excluding tert-OH is 6. The largest absolute Gasteiger partial charge is 0.394 e. The van der Waals surface area contributed by atoms with E-state index in [4.69, 9.17) is 21.5 Å². The van der Waals surface area contributed by atoms with Gasteiger partial charge in [-0.2, -0.15) is 0 Å². The summed E-state index contributed by atoms with van der Waals surface area (Å²) in [5.74, 6) is -0.593. The van der Waals surface area contributed by atoms with Gasteiger partial charge in [0.05, 0.1) is 25.4 Å². The molecule has 0 spiro atoms. The maximum atomic E-state index is 11.5. The van der Waals surface area contributed by atoms with Crippen molar-refractivity contribution in [2.24, 2.45) is 0 Å². The SMILES string of the molecule is [CH]CC(=O)N[C@@H](CO[C@@H]1OC(CO)[C@H](O)[C@H](O)C1O)[C@H](O)[C@H](O)CC. The third kappa shape index (κ3) is 5.83. The van der Waals surface area contributed by atoms with Crippen molar-refractivity contribution in [3.8, 4) is 0 Å². The molecule has 25 heavy (non-hydrogen) atoms. The lowest BCUT2D eigenvalue weighted by molar-refractivity contribution is -0.303. The Hall–Kier alpha value is -0.850. The summed E-state index contributed by atoms with van der Waals surface area (Å²) in [5, 5.41) is 60.7. The molecule has 146 valence electrons. The van der Waals surface area contributed by atoms with Crippen LogP contribution in [0.2, 0.25) is 0 Å². The summed E-state index contributed by atoms with van der Waals surface area (Å²) < 4.78 is 10.5. The fourth-order valence-corrected chi connectivity index (χ4v) is 2.40. The van der Waals surface area contributed by atoms with Gasteiger partial charge in [0, 0.05) is 6.42 Å². The highest BCUT2D eigenvalue weighted by molar-refractivity contribution is 5.76. The Morgan fingerprint density at radius 2 is 1.88 bits per heavy atom. The van der Waals surface area contributed by atoms with Crippen molar-refractivity contribution in [1.82, 2.24) is 5.32 Å². The molecule has 1 rings (SSSR count). The Kier molecular flexibility index (Phi) is 9.17. The maximum Gasteiger partial charge on any atom is 0.220 e. The predicted molar refractivity (Wildman–Crippen MR) is 82.9 cm³/mol. The van der Waals surface area contributed by atoms with Crippen LogP contribution in [0.25, 0.3) is 0 Å². The summed E-state index contributed by atoms with van der Waals surface area (Å²) in [5.41, 5.74) is 0. The van der Waals surface area contributed by atoms with Crippen LogP contribution in [-0.4, -0.2) is 98.7 Å². The molecule has 1 heterocycles. The molecular formula is C15H27NO9. The first-order valence-electron chi connectivity index (χ1n) is 8.04. The molecule has 10 heteroatoms. The second kappa shape index (κ2) is 10.3. The van der Waals surface area contributed by atoms with Crippen molar-refractivity contribution in [1.29, 1.82) is 0 Å². The number of hydrogen-bond donors (Lipinski definition) is 7. The van der Waals surface area contributed by atoms with E-state index in [2.05, 4.69) is 5.32 Å². The van der Waals surface area contributed by atoms with E-state index in [1.165, 1.54) is 0 Å². The maximum absolute atomic E-state index is 11.5. The summed E-state index contributed by atoms with van der Waals surface area (Å²) in [4.78, 5) is 11.5. The van der Waals surface area contributed by atoms with Crippen molar-refractivity contribution >= 4 is 5.91 Å². The Balaban J connectivity index is 2.75. The monoisotopic (exact) mass is 365 g/mol. The topological polar surface area (TPSA) is 169 Å². The first-order chi connectivity index (χ1) is 11.8. The quantitative estimate of drug-likeness (QED) is 0.219. The molecule has 2 radical (unpaired) electrons. The van der Waals surface area contributed by atoms with Crippen molar-refractivity contribution in [2.45, 2.75) is 68.7 Å². The Bertz CT molecular complexity index is 408. The Morgan fingerprint density at radius 3 is 2.40 bits per heavy atom. The molecule has 8 atom stereocenters. The third-order valence-corrected chi connectivity index (χ3v) is 4.05. The summed E-state index contributed by atoms with van der Waals surface area (Å²) in [6, 6.07) is -1.06. The number of aliphatic hydroxyl groups is 6. The van der Waals surface area contributed by atoms with Gasteiger partial charge in [-0.1, -0.05) is 6.92 Å². The molecule has 0 aromatic rings. The molecule has 1 aliphatic heterocycles. The standard InChI is InChI=1S/C15H27NO9/c1-3-8(18)11(20)7(16-10(19)4-2)6-24-15-14(23)13(22)12(21)9(5-17)25-15/h2,7-9,11-15,17-18,20-23H,3-6H2,1H3,(H,16,19)/t7-,8+,9?,11-,12-,13-,14?,15+/m0/s1. The molecule has 0 saturated carbocycles. The van der Waals surface area contributed by atoms with Crippen LogP contribution in [0.15, 0.2) is 0 Å². The minimum absolute atomic E-state index is 0.218. The van der Waals surface area contributed by atoms with E-state index in [1.807, 2.05) is 0 Å². The molecule has 7 N–H and O–H groups in total.